The third-order valence-corrected chi connectivity index (χ3v) is 2.63. The van der Waals surface area contributed by atoms with Crippen LogP contribution >= 0.6 is 0 Å². The number of carbonyl (C=O) groups excluding carboxylic acids is 1. The number of unbranched alkanes of at least 4 members (excludes halogenated alkanes) is 2. The van der Waals surface area contributed by atoms with Crippen molar-refractivity contribution in [1.29, 1.82) is 0 Å². The Hall–Kier alpha value is -1.11. The molecule has 0 aliphatic heterocycles. The Balaban J connectivity index is 2.38. The van der Waals surface area contributed by atoms with E-state index in [4.69, 9.17) is 0 Å². The summed E-state index contributed by atoms with van der Waals surface area (Å²) < 4.78 is 0. The monoisotopic (exact) mass is 204 g/mol. The molecule has 0 N–H and O–H groups in total. The summed E-state index contributed by atoms with van der Waals surface area (Å²) in [5.74, 6) is 0. The second-order valence-corrected chi connectivity index (χ2v) is 3.98. The first-order valence-corrected chi connectivity index (χ1v) is 5.88. The van der Waals surface area contributed by atoms with Gasteiger partial charge in [-0.1, -0.05) is 37.6 Å². The van der Waals surface area contributed by atoms with Crippen LogP contribution in [0.25, 0.3) is 0 Å². The van der Waals surface area contributed by atoms with E-state index in [0.717, 1.165) is 19.1 Å². The minimum absolute atomic E-state index is 0.678. The molecule has 0 radical (unpaired) electrons. The van der Waals surface area contributed by atoms with Gasteiger partial charge < -0.3 is 4.79 Å². The highest BCUT2D eigenvalue weighted by Crippen LogP contribution is 2.09. The molecule has 0 heterocycles. The molecule has 0 aliphatic rings. The van der Waals surface area contributed by atoms with Gasteiger partial charge in [0.15, 0.2) is 0 Å². The molecule has 0 bridgehead atoms. The number of aryl methyl sites for hydroxylation is 2. The number of hydrogen-bond acceptors (Lipinski definition) is 1. The van der Waals surface area contributed by atoms with E-state index in [1.54, 1.807) is 0 Å². The molecule has 1 aromatic carbocycles. The molecule has 1 nitrogen and oxygen atoms in total. The number of aldehydes is 1. The Morgan fingerprint density at radius 1 is 1.00 bits per heavy atom. The predicted octanol–water partition coefficient (Wildman–Crippen LogP) is 3.55. The molecule has 0 unspecified atom stereocenters. The molecule has 82 valence electrons. The first kappa shape index (κ1) is 12.0. The maximum atomic E-state index is 10.2. The van der Waals surface area contributed by atoms with Gasteiger partial charge >= 0.3 is 0 Å². The third kappa shape index (κ3) is 4.78. The van der Waals surface area contributed by atoms with Gasteiger partial charge in [0.05, 0.1) is 0 Å². The fourth-order valence-corrected chi connectivity index (χ4v) is 1.64. The summed E-state index contributed by atoms with van der Waals surface area (Å²) in [6.07, 6.45) is 7.37. The van der Waals surface area contributed by atoms with Gasteiger partial charge in [-0.3, -0.25) is 0 Å². The zero-order chi connectivity index (χ0) is 10.9. The third-order valence-electron chi connectivity index (χ3n) is 2.63. The van der Waals surface area contributed by atoms with E-state index in [-0.39, 0.29) is 0 Å². The van der Waals surface area contributed by atoms with E-state index >= 15 is 0 Å². The molecule has 0 saturated carbocycles. The summed E-state index contributed by atoms with van der Waals surface area (Å²) in [5.41, 5.74) is 2.77. The summed E-state index contributed by atoms with van der Waals surface area (Å²) in [5, 5.41) is 0. The van der Waals surface area contributed by atoms with Crippen molar-refractivity contribution in [2.24, 2.45) is 0 Å². The highest BCUT2D eigenvalue weighted by atomic mass is 16.1. The molecule has 0 spiro atoms. The van der Waals surface area contributed by atoms with Gasteiger partial charge in [-0.2, -0.15) is 0 Å². The highest BCUT2D eigenvalue weighted by Gasteiger charge is 1.95. The Kier molecular flexibility index (Phi) is 5.76. The zero-order valence-corrected chi connectivity index (χ0v) is 9.54. The molecule has 0 saturated heterocycles. The lowest BCUT2D eigenvalue weighted by Gasteiger charge is -2.02. The Morgan fingerprint density at radius 3 is 2.00 bits per heavy atom. The number of carbonyl (C=O) groups is 1. The van der Waals surface area contributed by atoms with E-state index in [0.29, 0.717) is 6.42 Å². The maximum Gasteiger partial charge on any atom is 0.120 e. The van der Waals surface area contributed by atoms with Crippen LogP contribution in [-0.4, -0.2) is 6.29 Å². The van der Waals surface area contributed by atoms with Crippen molar-refractivity contribution in [1.82, 2.24) is 0 Å². The van der Waals surface area contributed by atoms with Crippen LogP contribution < -0.4 is 0 Å². The van der Waals surface area contributed by atoms with Crippen LogP contribution in [-0.2, 0) is 17.6 Å². The van der Waals surface area contributed by atoms with Crippen molar-refractivity contribution >= 4 is 6.29 Å². The fourth-order valence-electron chi connectivity index (χ4n) is 1.64. The Morgan fingerprint density at radius 2 is 1.53 bits per heavy atom. The smallest absolute Gasteiger partial charge is 0.120 e. The minimum atomic E-state index is 0.678. The van der Waals surface area contributed by atoms with Gasteiger partial charge in [-0.25, -0.2) is 0 Å². The summed E-state index contributed by atoms with van der Waals surface area (Å²) in [6, 6.07) is 8.81. The second kappa shape index (κ2) is 7.22. The van der Waals surface area contributed by atoms with Crippen molar-refractivity contribution in [3.05, 3.63) is 35.4 Å². The van der Waals surface area contributed by atoms with E-state index in [1.807, 2.05) is 0 Å². The van der Waals surface area contributed by atoms with Gasteiger partial charge in [0.25, 0.3) is 0 Å². The minimum Gasteiger partial charge on any atom is -0.303 e. The van der Waals surface area contributed by atoms with Crippen molar-refractivity contribution < 1.29 is 4.79 Å². The number of hydrogen-bond donors (Lipinski definition) is 0. The van der Waals surface area contributed by atoms with Crippen molar-refractivity contribution in [3.8, 4) is 0 Å². The summed E-state index contributed by atoms with van der Waals surface area (Å²) in [4.78, 5) is 10.2. The average Bonchev–Trinajstić information content (AvgIpc) is 2.28. The first-order chi connectivity index (χ1) is 7.36. The van der Waals surface area contributed by atoms with Crippen LogP contribution in [0.5, 0.6) is 0 Å². The summed E-state index contributed by atoms with van der Waals surface area (Å²) in [7, 11) is 0. The second-order valence-electron chi connectivity index (χ2n) is 3.98. The SMILES string of the molecule is CCCCc1ccc(CCCC=O)cc1. The molecular weight excluding hydrogens is 184 g/mol. The van der Waals surface area contributed by atoms with Gasteiger partial charge in [0, 0.05) is 6.42 Å². The van der Waals surface area contributed by atoms with Gasteiger partial charge in [-0.15, -0.1) is 0 Å². The topological polar surface area (TPSA) is 17.1 Å². The molecular formula is C14H20O. The van der Waals surface area contributed by atoms with Crippen LogP contribution in [0.1, 0.15) is 43.7 Å². The standard InChI is InChI=1S/C14H20O/c1-2-3-6-13-8-10-14(11-9-13)7-4-5-12-15/h8-12H,2-7H2,1H3. The van der Waals surface area contributed by atoms with Crippen molar-refractivity contribution in [2.75, 3.05) is 0 Å². The average molecular weight is 204 g/mol. The summed E-state index contributed by atoms with van der Waals surface area (Å²) in [6.45, 7) is 2.22. The summed E-state index contributed by atoms with van der Waals surface area (Å²) >= 11 is 0. The quantitative estimate of drug-likeness (QED) is 0.490. The van der Waals surface area contributed by atoms with Crippen LogP contribution in [0.4, 0.5) is 0 Å². The fraction of sp³-hybridized carbons (Fsp3) is 0.500. The lowest BCUT2D eigenvalue weighted by molar-refractivity contribution is -0.107. The molecule has 1 aromatic rings. The zero-order valence-electron chi connectivity index (χ0n) is 9.54. The largest absolute Gasteiger partial charge is 0.303 e. The van der Waals surface area contributed by atoms with Gasteiger partial charge in [0.2, 0.25) is 0 Å². The molecule has 0 fully saturated rings. The van der Waals surface area contributed by atoms with Gasteiger partial charge in [-0.05, 0) is 36.8 Å². The van der Waals surface area contributed by atoms with Crippen LogP contribution in [0.2, 0.25) is 0 Å². The molecule has 0 amide bonds. The van der Waals surface area contributed by atoms with E-state index in [1.165, 1.54) is 30.4 Å². The van der Waals surface area contributed by atoms with Gasteiger partial charge in [0.1, 0.15) is 6.29 Å². The van der Waals surface area contributed by atoms with E-state index in [2.05, 4.69) is 31.2 Å². The highest BCUT2D eigenvalue weighted by molar-refractivity contribution is 5.49. The predicted molar refractivity (Wildman–Crippen MR) is 64.1 cm³/mol. The Labute approximate surface area is 92.5 Å². The molecule has 15 heavy (non-hydrogen) atoms. The van der Waals surface area contributed by atoms with Crippen LogP contribution in [0.3, 0.4) is 0 Å². The van der Waals surface area contributed by atoms with Crippen LogP contribution in [0.15, 0.2) is 24.3 Å². The maximum absolute atomic E-state index is 10.2. The van der Waals surface area contributed by atoms with E-state index in [9.17, 15) is 4.79 Å². The van der Waals surface area contributed by atoms with Crippen LogP contribution in [0, 0.1) is 0 Å². The normalized spacial score (nSPS) is 10.2. The van der Waals surface area contributed by atoms with E-state index < -0.39 is 0 Å². The Bertz CT molecular complexity index is 274. The molecule has 0 aliphatic carbocycles. The lowest BCUT2D eigenvalue weighted by atomic mass is 10.0. The number of rotatable bonds is 7. The molecule has 0 aromatic heterocycles. The number of benzene rings is 1. The molecule has 1 rings (SSSR count). The molecule has 1 heteroatoms. The lowest BCUT2D eigenvalue weighted by Crippen LogP contribution is -1.89. The molecule has 0 atom stereocenters. The van der Waals surface area contributed by atoms with Crippen molar-refractivity contribution in [3.63, 3.8) is 0 Å². The first-order valence-electron chi connectivity index (χ1n) is 5.88. The van der Waals surface area contributed by atoms with Crippen molar-refractivity contribution in [2.45, 2.75) is 45.4 Å².